The van der Waals surface area contributed by atoms with Crippen LogP contribution in [0.25, 0.3) is 0 Å². The molecule has 0 bridgehead atoms. The average molecular weight is 320 g/mol. The lowest BCUT2D eigenvalue weighted by Gasteiger charge is -2.13. The first-order chi connectivity index (χ1) is 7.64. The van der Waals surface area contributed by atoms with E-state index in [9.17, 15) is 32.1 Å². The van der Waals surface area contributed by atoms with Gasteiger partial charge >= 0.3 is 6.18 Å². The van der Waals surface area contributed by atoms with E-state index in [2.05, 4.69) is 15.9 Å². The molecule has 0 radical (unpaired) electrons. The molecule has 0 aliphatic carbocycles. The second-order valence-corrected chi connectivity index (χ2v) is 3.80. The van der Waals surface area contributed by atoms with E-state index in [1.807, 2.05) is 0 Å². The Kier molecular flexibility index (Phi) is 3.70. The first-order valence-corrected chi connectivity index (χ1v) is 4.77. The van der Waals surface area contributed by atoms with E-state index in [4.69, 9.17) is 0 Å². The summed E-state index contributed by atoms with van der Waals surface area (Å²) >= 11 is 2.47. The number of hydrogen-bond acceptors (Lipinski definition) is 2. The highest BCUT2D eigenvalue weighted by atomic mass is 79.9. The Morgan fingerprint density at radius 3 is 2.18 bits per heavy atom. The van der Waals surface area contributed by atoms with Crippen LogP contribution in [0.1, 0.15) is 17.6 Å². The van der Waals surface area contributed by atoms with E-state index in [0.29, 0.717) is 6.07 Å². The third kappa shape index (κ3) is 2.90. The molecule has 17 heavy (non-hydrogen) atoms. The van der Waals surface area contributed by atoms with E-state index in [-0.39, 0.29) is 6.07 Å². The molecule has 0 unspecified atom stereocenters. The number of hydrogen-bond donors (Lipinski definition) is 0. The molecule has 1 rings (SSSR count). The van der Waals surface area contributed by atoms with Crippen molar-refractivity contribution in [3.8, 4) is 0 Å². The quantitative estimate of drug-likeness (QED) is 0.463. The van der Waals surface area contributed by atoms with Gasteiger partial charge in [-0.15, -0.1) is 0 Å². The van der Waals surface area contributed by atoms with E-state index in [1.165, 1.54) is 0 Å². The molecule has 3 nitrogen and oxygen atoms in total. The molecule has 1 aromatic rings. The summed E-state index contributed by atoms with van der Waals surface area (Å²) < 4.78 is 61.6. The van der Waals surface area contributed by atoms with Gasteiger partial charge in [-0.2, -0.15) is 13.2 Å². The molecule has 0 saturated heterocycles. The number of nitro benzene ring substituents is 1. The van der Waals surface area contributed by atoms with Crippen molar-refractivity contribution in [2.45, 2.75) is 12.6 Å². The van der Waals surface area contributed by atoms with E-state index in [1.54, 1.807) is 0 Å². The molecular weight excluding hydrogens is 317 g/mol. The van der Waals surface area contributed by atoms with Crippen LogP contribution in [0, 0.1) is 10.1 Å². The van der Waals surface area contributed by atoms with Crippen molar-refractivity contribution in [3.63, 3.8) is 0 Å². The molecule has 0 fully saturated rings. The van der Waals surface area contributed by atoms with Crippen LogP contribution >= 0.6 is 15.9 Å². The van der Waals surface area contributed by atoms with Gasteiger partial charge in [-0.1, -0.05) is 15.9 Å². The molecule has 0 spiro atoms. The van der Waals surface area contributed by atoms with Gasteiger partial charge in [0.25, 0.3) is 12.1 Å². The van der Waals surface area contributed by atoms with Crippen LogP contribution < -0.4 is 0 Å². The Balaban J connectivity index is 3.57. The highest BCUT2D eigenvalue weighted by Crippen LogP contribution is 2.42. The van der Waals surface area contributed by atoms with Gasteiger partial charge in [0.15, 0.2) is 0 Å². The Bertz CT molecular complexity index is 460. The number of non-ortho nitro benzene ring substituents is 1. The molecule has 9 heteroatoms. The second-order valence-electron chi connectivity index (χ2n) is 2.94. The fourth-order valence-electron chi connectivity index (χ4n) is 1.17. The number of halogens is 6. The number of rotatable bonds is 2. The summed E-state index contributed by atoms with van der Waals surface area (Å²) in [6, 6.07) is 0.697. The predicted molar refractivity (Wildman–Crippen MR) is 50.8 cm³/mol. The maximum atomic E-state index is 12.5. The van der Waals surface area contributed by atoms with Crippen LogP contribution in [0.5, 0.6) is 0 Å². The van der Waals surface area contributed by atoms with Crippen molar-refractivity contribution < 1.29 is 26.9 Å². The van der Waals surface area contributed by atoms with Gasteiger partial charge in [0.05, 0.1) is 10.5 Å². The van der Waals surface area contributed by atoms with Crippen LogP contribution in [-0.4, -0.2) is 4.92 Å². The summed E-state index contributed by atoms with van der Waals surface area (Å²) in [7, 11) is 0. The summed E-state index contributed by atoms with van der Waals surface area (Å²) in [6.45, 7) is 0. The van der Waals surface area contributed by atoms with Crippen LogP contribution in [-0.2, 0) is 6.18 Å². The molecule has 0 saturated carbocycles. The molecule has 0 aromatic heterocycles. The first kappa shape index (κ1) is 13.8. The van der Waals surface area contributed by atoms with Crippen LogP contribution in [0.2, 0.25) is 0 Å². The zero-order valence-electron chi connectivity index (χ0n) is 7.76. The van der Waals surface area contributed by atoms with Crippen molar-refractivity contribution >= 4 is 21.6 Å². The lowest BCUT2D eigenvalue weighted by molar-refractivity contribution is -0.385. The van der Waals surface area contributed by atoms with Gasteiger partial charge in [-0.05, 0) is 0 Å². The zero-order chi connectivity index (χ0) is 13.4. The van der Waals surface area contributed by atoms with Gasteiger partial charge in [0.2, 0.25) is 0 Å². The topological polar surface area (TPSA) is 43.1 Å². The molecule has 94 valence electrons. The first-order valence-electron chi connectivity index (χ1n) is 3.97. The number of nitrogens with zero attached hydrogens (tertiary/aromatic N) is 1. The Hall–Kier alpha value is -1.25. The molecule has 0 N–H and O–H groups in total. The van der Waals surface area contributed by atoms with E-state index >= 15 is 0 Å². The molecule has 0 aliphatic rings. The lowest BCUT2D eigenvalue weighted by Crippen LogP contribution is -2.11. The minimum atomic E-state index is -5.08. The normalized spacial score (nSPS) is 11.9. The predicted octanol–water partition coefficient (Wildman–Crippen LogP) is 4.31. The summed E-state index contributed by atoms with van der Waals surface area (Å²) in [5, 5.41) is 10.3. The van der Waals surface area contributed by atoms with Crippen molar-refractivity contribution in [1.82, 2.24) is 0 Å². The Morgan fingerprint density at radius 2 is 1.82 bits per heavy atom. The maximum Gasteiger partial charge on any atom is 0.417 e. The monoisotopic (exact) mass is 319 g/mol. The van der Waals surface area contributed by atoms with Gasteiger partial charge < -0.3 is 0 Å². The standard InChI is InChI=1S/C8H3BrF5NO2/c9-5-2-3(15(16)17)1-4(8(12,13)14)6(5)7(10)11/h1-2,7H. The highest BCUT2D eigenvalue weighted by Gasteiger charge is 2.38. The van der Waals surface area contributed by atoms with Gasteiger partial charge in [0.1, 0.15) is 0 Å². The Labute approximate surface area is 99.5 Å². The number of benzene rings is 1. The summed E-state index contributed by atoms with van der Waals surface area (Å²) in [4.78, 5) is 9.26. The molecule has 1 aromatic carbocycles. The minimum absolute atomic E-state index is 0.0895. The van der Waals surface area contributed by atoms with Crippen molar-refractivity contribution in [2.75, 3.05) is 0 Å². The van der Waals surface area contributed by atoms with E-state index < -0.39 is 38.8 Å². The maximum absolute atomic E-state index is 12.5. The van der Waals surface area contributed by atoms with Crippen LogP contribution in [0.4, 0.5) is 27.6 Å². The van der Waals surface area contributed by atoms with Crippen molar-refractivity contribution in [1.29, 1.82) is 0 Å². The third-order valence-corrected chi connectivity index (χ3v) is 2.50. The highest BCUT2D eigenvalue weighted by molar-refractivity contribution is 9.10. The van der Waals surface area contributed by atoms with Crippen molar-refractivity contribution in [3.05, 3.63) is 37.8 Å². The fourth-order valence-corrected chi connectivity index (χ4v) is 1.79. The number of alkyl halides is 5. The molecule has 0 atom stereocenters. The van der Waals surface area contributed by atoms with Crippen LogP contribution in [0.15, 0.2) is 16.6 Å². The van der Waals surface area contributed by atoms with Gasteiger partial charge in [-0.25, -0.2) is 8.78 Å². The summed E-state index contributed by atoms with van der Waals surface area (Å²) in [5.41, 5.74) is -3.93. The summed E-state index contributed by atoms with van der Waals surface area (Å²) in [6.07, 6.45) is -8.47. The molecule has 0 aliphatic heterocycles. The van der Waals surface area contributed by atoms with Crippen molar-refractivity contribution in [2.24, 2.45) is 0 Å². The molecular formula is C8H3BrF5NO2. The minimum Gasteiger partial charge on any atom is -0.258 e. The largest absolute Gasteiger partial charge is 0.417 e. The second kappa shape index (κ2) is 4.55. The lowest BCUT2D eigenvalue weighted by atomic mass is 10.1. The fraction of sp³-hybridized carbons (Fsp3) is 0.250. The van der Waals surface area contributed by atoms with Gasteiger partial charge in [-0.3, -0.25) is 10.1 Å². The Morgan fingerprint density at radius 1 is 1.29 bits per heavy atom. The zero-order valence-corrected chi connectivity index (χ0v) is 9.35. The van der Waals surface area contributed by atoms with E-state index in [0.717, 1.165) is 0 Å². The summed E-state index contributed by atoms with van der Waals surface area (Å²) in [5.74, 6) is 0. The van der Waals surface area contributed by atoms with Crippen LogP contribution in [0.3, 0.4) is 0 Å². The SMILES string of the molecule is O=[N+]([O-])c1cc(Br)c(C(F)F)c(C(F)(F)F)c1. The molecule has 0 heterocycles. The smallest absolute Gasteiger partial charge is 0.258 e. The third-order valence-electron chi connectivity index (χ3n) is 1.85. The molecule has 0 amide bonds. The number of nitro groups is 1. The average Bonchev–Trinajstić information content (AvgIpc) is 2.14. The van der Waals surface area contributed by atoms with Gasteiger partial charge in [0, 0.05) is 22.2 Å².